The van der Waals surface area contributed by atoms with Crippen LogP contribution in [0.1, 0.15) is 6.23 Å². The predicted molar refractivity (Wildman–Crippen MR) is 64.9 cm³/mol. The molecule has 0 bridgehead atoms. The monoisotopic (exact) mass is 279 g/mol. The molecule has 3 heterocycles. The minimum Gasteiger partial charge on any atom is -0.396 e. The van der Waals surface area contributed by atoms with Crippen molar-refractivity contribution in [2.45, 2.75) is 18.1 Å². The first-order chi connectivity index (χ1) is 9.58. The summed E-state index contributed by atoms with van der Waals surface area (Å²) in [5, 5.41) is 29.5. The molecule has 0 spiro atoms. The van der Waals surface area contributed by atoms with Crippen LogP contribution in [0.3, 0.4) is 0 Å². The van der Waals surface area contributed by atoms with Gasteiger partial charge >= 0.3 is 0 Å². The van der Waals surface area contributed by atoms with Gasteiger partial charge < -0.3 is 25.8 Å². The molecule has 0 radical (unpaired) electrons. The standard InChI is InChI=1S/C11H13N5O4/c12-8-6-9(14-2-13-8)16(3-15-6)10-7(18)5-4(1-17)11(5,19)20-10/h2-5,7,10,17-19H,1H2,(H2,12,13,14)/t4-,5?,7?,10-,11?/m1/s1. The second-order valence-electron chi connectivity index (χ2n) is 5.15. The molecule has 1 aliphatic carbocycles. The van der Waals surface area contributed by atoms with Gasteiger partial charge in [-0.2, -0.15) is 0 Å². The summed E-state index contributed by atoms with van der Waals surface area (Å²) in [6, 6.07) is 0. The fraction of sp³-hybridized carbons (Fsp3) is 0.545. The molecule has 2 aliphatic rings. The van der Waals surface area contributed by atoms with Gasteiger partial charge in [0.15, 0.2) is 23.5 Å². The van der Waals surface area contributed by atoms with Crippen LogP contribution in [0.15, 0.2) is 12.7 Å². The van der Waals surface area contributed by atoms with Crippen molar-refractivity contribution in [3.63, 3.8) is 0 Å². The molecule has 2 aromatic rings. The normalized spacial score (nSPS) is 39.1. The molecular weight excluding hydrogens is 266 g/mol. The van der Waals surface area contributed by atoms with Gasteiger partial charge in [-0.3, -0.25) is 4.57 Å². The van der Waals surface area contributed by atoms with Crippen LogP contribution >= 0.6 is 0 Å². The third-order valence-corrected chi connectivity index (χ3v) is 4.16. The zero-order chi connectivity index (χ0) is 14.1. The first-order valence-electron chi connectivity index (χ1n) is 6.20. The van der Waals surface area contributed by atoms with Gasteiger partial charge in [-0.25, -0.2) is 15.0 Å². The highest BCUT2D eigenvalue weighted by atomic mass is 16.7. The van der Waals surface area contributed by atoms with E-state index in [0.717, 1.165) is 0 Å². The van der Waals surface area contributed by atoms with Crippen LogP contribution < -0.4 is 5.73 Å². The van der Waals surface area contributed by atoms with Gasteiger partial charge in [0.2, 0.25) is 0 Å². The fourth-order valence-electron chi connectivity index (χ4n) is 3.06. The minimum atomic E-state index is -1.48. The minimum absolute atomic E-state index is 0.231. The lowest BCUT2D eigenvalue weighted by Gasteiger charge is -2.21. The summed E-state index contributed by atoms with van der Waals surface area (Å²) in [6.45, 7) is -0.231. The Morgan fingerprint density at radius 1 is 1.40 bits per heavy atom. The van der Waals surface area contributed by atoms with Crippen LogP contribution in [0.2, 0.25) is 0 Å². The highest BCUT2D eigenvalue weighted by molar-refractivity contribution is 5.81. The summed E-state index contributed by atoms with van der Waals surface area (Å²) in [7, 11) is 0. The third-order valence-electron chi connectivity index (χ3n) is 4.16. The van der Waals surface area contributed by atoms with Crippen LogP contribution in [-0.2, 0) is 4.74 Å². The number of aliphatic hydroxyl groups is 3. The molecular formula is C11H13N5O4. The molecule has 1 saturated carbocycles. The summed E-state index contributed by atoms with van der Waals surface area (Å²) in [6.07, 6.45) is 0.965. The Kier molecular flexibility index (Phi) is 2.18. The number of aromatic nitrogens is 4. The SMILES string of the molecule is Nc1ncnc2c1ncn2[C@@H]1OC2(O)C(C1O)[C@H]2CO. The summed E-state index contributed by atoms with van der Waals surface area (Å²) in [5.74, 6) is -2.20. The van der Waals surface area contributed by atoms with Crippen LogP contribution in [0.4, 0.5) is 5.82 Å². The Labute approximate surface area is 112 Å². The van der Waals surface area contributed by atoms with Gasteiger partial charge in [0.25, 0.3) is 0 Å². The van der Waals surface area contributed by atoms with E-state index in [-0.39, 0.29) is 12.4 Å². The van der Waals surface area contributed by atoms with Gasteiger partial charge in [-0.05, 0) is 0 Å². The van der Waals surface area contributed by atoms with Gasteiger partial charge in [0.1, 0.15) is 17.9 Å². The van der Waals surface area contributed by atoms with Gasteiger partial charge in [0, 0.05) is 5.92 Å². The van der Waals surface area contributed by atoms with Crippen molar-refractivity contribution >= 4 is 17.0 Å². The van der Waals surface area contributed by atoms with Crippen LogP contribution in [0, 0.1) is 11.8 Å². The molecule has 106 valence electrons. The molecule has 5 N–H and O–H groups in total. The number of nitrogens with zero attached hydrogens (tertiary/aromatic N) is 4. The molecule has 9 heteroatoms. The number of nitrogens with two attached hydrogens (primary N) is 1. The van der Waals surface area contributed by atoms with E-state index in [1.807, 2.05) is 0 Å². The number of aliphatic hydroxyl groups excluding tert-OH is 2. The Balaban J connectivity index is 1.74. The molecule has 0 aromatic carbocycles. The highest BCUT2D eigenvalue weighted by Crippen LogP contribution is 2.62. The van der Waals surface area contributed by atoms with Crippen molar-refractivity contribution in [2.75, 3.05) is 12.3 Å². The molecule has 0 amide bonds. The second-order valence-corrected chi connectivity index (χ2v) is 5.15. The van der Waals surface area contributed by atoms with E-state index in [1.165, 1.54) is 17.2 Å². The maximum absolute atomic E-state index is 10.2. The van der Waals surface area contributed by atoms with E-state index in [0.29, 0.717) is 11.2 Å². The van der Waals surface area contributed by atoms with Crippen molar-refractivity contribution < 1.29 is 20.1 Å². The average molecular weight is 279 g/mol. The van der Waals surface area contributed by atoms with Crippen LogP contribution in [0.5, 0.6) is 0 Å². The molecule has 3 unspecified atom stereocenters. The maximum atomic E-state index is 10.2. The molecule has 1 aliphatic heterocycles. The van der Waals surface area contributed by atoms with Crippen LogP contribution in [0.25, 0.3) is 11.2 Å². The Morgan fingerprint density at radius 3 is 2.85 bits per heavy atom. The second kappa shape index (κ2) is 3.64. The number of anilines is 1. The number of imidazole rings is 1. The summed E-state index contributed by atoms with van der Waals surface area (Å²) in [5.41, 5.74) is 6.53. The van der Waals surface area contributed by atoms with Gasteiger partial charge in [0.05, 0.1) is 18.9 Å². The quantitative estimate of drug-likeness (QED) is 0.506. The van der Waals surface area contributed by atoms with Crippen molar-refractivity contribution in [2.24, 2.45) is 11.8 Å². The first kappa shape index (κ1) is 12.0. The average Bonchev–Trinajstić information content (AvgIpc) is 2.71. The van der Waals surface area contributed by atoms with Crippen molar-refractivity contribution in [1.82, 2.24) is 19.5 Å². The topological polar surface area (TPSA) is 140 Å². The van der Waals surface area contributed by atoms with E-state index in [1.54, 1.807) is 0 Å². The largest absolute Gasteiger partial charge is 0.396 e. The molecule has 4 rings (SSSR count). The molecule has 9 nitrogen and oxygen atoms in total. The van der Waals surface area contributed by atoms with Crippen molar-refractivity contribution in [3.8, 4) is 0 Å². The summed E-state index contributed by atoms with van der Waals surface area (Å²) < 4.78 is 7.01. The van der Waals surface area contributed by atoms with E-state index >= 15 is 0 Å². The Bertz CT molecular complexity index is 691. The number of ether oxygens (including phenoxy) is 1. The number of hydrogen-bond acceptors (Lipinski definition) is 8. The van der Waals surface area contributed by atoms with E-state index in [2.05, 4.69) is 15.0 Å². The Morgan fingerprint density at radius 2 is 2.20 bits per heavy atom. The summed E-state index contributed by atoms with van der Waals surface area (Å²) >= 11 is 0. The molecule has 20 heavy (non-hydrogen) atoms. The Hall–Kier alpha value is -1.81. The van der Waals surface area contributed by atoms with Gasteiger partial charge in [-0.15, -0.1) is 0 Å². The number of hydrogen-bond donors (Lipinski definition) is 4. The van der Waals surface area contributed by atoms with E-state index in [9.17, 15) is 10.2 Å². The predicted octanol–water partition coefficient (Wildman–Crippen LogP) is -1.77. The van der Waals surface area contributed by atoms with Crippen molar-refractivity contribution in [3.05, 3.63) is 12.7 Å². The van der Waals surface area contributed by atoms with Crippen LogP contribution in [-0.4, -0.2) is 53.3 Å². The lowest BCUT2D eigenvalue weighted by Crippen LogP contribution is -2.27. The molecule has 5 atom stereocenters. The lowest BCUT2D eigenvalue weighted by molar-refractivity contribution is -0.181. The van der Waals surface area contributed by atoms with E-state index < -0.39 is 30.0 Å². The summed E-state index contributed by atoms with van der Waals surface area (Å²) in [4.78, 5) is 12.0. The number of nitrogen functional groups attached to an aromatic ring is 1. The third kappa shape index (κ3) is 1.27. The van der Waals surface area contributed by atoms with E-state index in [4.69, 9.17) is 15.6 Å². The number of fused-ring (bicyclic) bond motifs is 2. The number of rotatable bonds is 2. The molecule has 1 saturated heterocycles. The molecule has 2 fully saturated rings. The molecule has 2 aromatic heterocycles. The maximum Gasteiger partial charge on any atom is 0.179 e. The highest BCUT2D eigenvalue weighted by Gasteiger charge is 2.75. The smallest absolute Gasteiger partial charge is 0.179 e. The lowest BCUT2D eigenvalue weighted by atomic mass is 10.2. The van der Waals surface area contributed by atoms with Crippen molar-refractivity contribution in [1.29, 1.82) is 0 Å². The zero-order valence-electron chi connectivity index (χ0n) is 10.3. The zero-order valence-corrected chi connectivity index (χ0v) is 10.3. The first-order valence-corrected chi connectivity index (χ1v) is 6.20. The van der Waals surface area contributed by atoms with Gasteiger partial charge in [-0.1, -0.05) is 0 Å². The fourth-order valence-corrected chi connectivity index (χ4v) is 3.06.